The highest BCUT2D eigenvalue weighted by molar-refractivity contribution is 7.89. The molecule has 0 bridgehead atoms. The van der Waals surface area contributed by atoms with Crippen LogP contribution >= 0.6 is 0 Å². The molecule has 5 heteroatoms. The van der Waals surface area contributed by atoms with Gasteiger partial charge in [0.15, 0.2) is 0 Å². The fourth-order valence-corrected chi connectivity index (χ4v) is 2.23. The van der Waals surface area contributed by atoms with Crippen molar-refractivity contribution in [2.45, 2.75) is 43.4 Å². The summed E-state index contributed by atoms with van der Waals surface area (Å²) in [6, 6.07) is 5.70. The van der Waals surface area contributed by atoms with Crippen LogP contribution in [-0.2, 0) is 10.0 Å². The summed E-state index contributed by atoms with van der Waals surface area (Å²) >= 11 is 0. The Morgan fingerprint density at radius 1 is 0.824 bits per heavy atom. The Morgan fingerprint density at radius 2 is 1.18 bits per heavy atom. The minimum atomic E-state index is -3.58. The van der Waals surface area contributed by atoms with E-state index in [-0.39, 0.29) is 4.90 Å². The minimum Gasteiger partial charge on any atom is -0.399 e. The van der Waals surface area contributed by atoms with Crippen LogP contribution in [0.3, 0.4) is 0 Å². The largest absolute Gasteiger partial charge is 0.399 e. The molecular weight excluding hydrogens is 236 g/mol. The summed E-state index contributed by atoms with van der Waals surface area (Å²) in [5, 5.41) is 4.84. The summed E-state index contributed by atoms with van der Waals surface area (Å²) in [6.45, 7) is 0. The molecule has 0 heterocycles. The molecule has 0 spiro atoms. The number of hydrogen-bond donors (Lipinski definition) is 2. The monoisotopic (exact) mass is 256 g/mol. The van der Waals surface area contributed by atoms with Gasteiger partial charge in [-0.2, -0.15) is 0 Å². The zero-order valence-electron chi connectivity index (χ0n) is 9.93. The maximum absolute atomic E-state index is 10.7. The van der Waals surface area contributed by atoms with E-state index in [1.54, 1.807) is 0 Å². The molecule has 96 valence electrons. The van der Waals surface area contributed by atoms with Gasteiger partial charge in [-0.15, -0.1) is 0 Å². The summed E-state index contributed by atoms with van der Waals surface area (Å²) in [4.78, 5) is 0.0756. The van der Waals surface area contributed by atoms with Gasteiger partial charge in [0.05, 0.1) is 4.90 Å². The first kappa shape index (κ1) is 14.0. The lowest BCUT2D eigenvalue weighted by molar-refractivity contribution is 0.504. The Labute approximate surface area is 103 Å². The average Bonchev–Trinajstić information content (AvgIpc) is 2.31. The van der Waals surface area contributed by atoms with Crippen LogP contribution < -0.4 is 10.9 Å². The van der Waals surface area contributed by atoms with E-state index in [1.807, 2.05) is 0 Å². The Bertz CT molecular complexity index is 411. The lowest BCUT2D eigenvalue weighted by Gasteiger charge is -2.05. The van der Waals surface area contributed by atoms with Crippen molar-refractivity contribution < 1.29 is 8.42 Å². The molecular formula is C12H20N2O2S. The molecule has 0 saturated heterocycles. The first-order valence-corrected chi connectivity index (χ1v) is 7.43. The van der Waals surface area contributed by atoms with Crippen molar-refractivity contribution in [3.8, 4) is 0 Å². The van der Waals surface area contributed by atoms with Crippen LogP contribution in [0.1, 0.15) is 38.5 Å². The molecule has 0 aliphatic heterocycles. The van der Waals surface area contributed by atoms with Crippen LogP contribution in [-0.4, -0.2) is 8.42 Å². The van der Waals surface area contributed by atoms with Crippen molar-refractivity contribution in [3.63, 3.8) is 0 Å². The average molecular weight is 256 g/mol. The smallest absolute Gasteiger partial charge is 0.238 e. The van der Waals surface area contributed by atoms with Gasteiger partial charge >= 0.3 is 0 Å². The zero-order valence-corrected chi connectivity index (χ0v) is 10.7. The summed E-state index contributed by atoms with van der Waals surface area (Å²) in [6.07, 6.45) is 9.00. The highest BCUT2D eigenvalue weighted by Gasteiger charge is 2.04. The standard InChI is InChI=1S/C6H8N2O2S.C6H12/c7-5-1-3-6(4-2-5)11(8,9)10;1-2-4-6-5-3-1/h1-4H,7H2,(H2,8,9,10);1-6H2. The summed E-state index contributed by atoms with van der Waals surface area (Å²) in [7, 11) is -3.58. The molecule has 4 nitrogen and oxygen atoms in total. The van der Waals surface area contributed by atoms with E-state index >= 15 is 0 Å². The van der Waals surface area contributed by atoms with Gasteiger partial charge in [0.25, 0.3) is 0 Å². The highest BCUT2D eigenvalue weighted by Crippen LogP contribution is 2.15. The molecule has 1 saturated carbocycles. The number of anilines is 1. The van der Waals surface area contributed by atoms with Gasteiger partial charge in [-0.05, 0) is 24.3 Å². The van der Waals surface area contributed by atoms with Gasteiger partial charge in [-0.1, -0.05) is 38.5 Å². The van der Waals surface area contributed by atoms with Crippen LogP contribution in [0, 0.1) is 0 Å². The van der Waals surface area contributed by atoms with Gasteiger partial charge in [0.2, 0.25) is 10.0 Å². The molecule has 0 aromatic heterocycles. The predicted molar refractivity (Wildman–Crippen MR) is 69.9 cm³/mol. The predicted octanol–water partition coefficient (Wildman–Crippen LogP) is 2.26. The first-order valence-electron chi connectivity index (χ1n) is 5.88. The third-order valence-electron chi connectivity index (χ3n) is 2.71. The SMILES string of the molecule is C1CCCCC1.Nc1ccc(S(N)(=O)=O)cc1. The van der Waals surface area contributed by atoms with Crippen molar-refractivity contribution in [2.75, 3.05) is 5.73 Å². The van der Waals surface area contributed by atoms with Crippen LogP contribution in [0.5, 0.6) is 0 Å². The molecule has 0 atom stereocenters. The maximum Gasteiger partial charge on any atom is 0.238 e. The van der Waals surface area contributed by atoms with Crippen LogP contribution in [0.2, 0.25) is 0 Å². The van der Waals surface area contributed by atoms with Gasteiger partial charge in [0, 0.05) is 5.69 Å². The number of nitrogen functional groups attached to an aromatic ring is 1. The van der Waals surface area contributed by atoms with Gasteiger partial charge < -0.3 is 5.73 Å². The maximum atomic E-state index is 10.7. The molecule has 0 amide bonds. The Morgan fingerprint density at radius 3 is 1.47 bits per heavy atom. The Kier molecular flexibility index (Phi) is 5.44. The molecule has 1 aromatic rings. The second-order valence-corrected chi connectivity index (χ2v) is 5.80. The molecule has 2 rings (SSSR count). The van der Waals surface area contributed by atoms with Crippen molar-refractivity contribution >= 4 is 15.7 Å². The second kappa shape index (κ2) is 6.61. The molecule has 1 aromatic carbocycles. The normalized spacial score (nSPS) is 15.8. The van der Waals surface area contributed by atoms with Gasteiger partial charge in [0.1, 0.15) is 0 Å². The molecule has 1 aliphatic carbocycles. The summed E-state index contributed by atoms with van der Waals surface area (Å²) in [5.74, 6) is 0. The lowest BCUT2D eigenvalue weighted by atomic mass is 10.0. The van der Waals surface area contributed by atoms with Crippen LogP contribution in [0.15, 0.2) is 29.2 Å². The number of benzene rings is 1. The topological polar surface area (TPSA) is 86.2 Å². The number of primary sulfonamides is 1. The Hall–Kier alpha value is -1.07. The fourth-order valence-electron chi connectivity index (χ4n) is 1.72. The van der Waals surface area contributed by atoms with E-state index in [1.165, 1.54) is 62.8 Å². The van der Waals surface area contributed by atoms with Crippen molar-refractivity contribution in [3.05, 3.63) is 24.3 Å². The third-order valence-corrected chi connectivity index (χ3v) is 3.64. The van der Waals surface area contributed by atoms with E-state index in [4.69, 9.17) is 10.9 Å². The van der Waals surface area contributed by atoms with E-state index in [0.717, 1.165) is 0 Å². The van der Waals surface area contributed by atoms with Gasteiger partial charge in [-0.25, -0.2) is 13.6 Å². The van der Waals surface area contributed by atoms with Crippen LogP contribution in [0.25, 0.3) is 0 Å². The summed E-state index contributed by atoms with van der Waals surface area (Å²) in [5.41, 5.74) is 5.85. The van der Waals surface area contributed by atoms with Gasteiger partial charge in [-0.3, -0.25) is 0 Å². The third kappa shape index (κ3) is 5.70. The number of rotatable bonds is 1. The molecule has 17 heavy (non-hydrogen) atoms. The van der Waals surface area contributed by atoms with E-state index in [9.17, 15) is 8.42 Å². The number of hydrogen-bond acceptors (Lipinski definition) is 3. The molecule has 0 radical (unpaired) electrons. The van der Waals surface area contributed by atoms with E-state index < -0.39 is 10.0 Å². The van der Waals surface area contributed by atoms with Crippen molar-refractivity contribution in [1.82, 2.24) is 0 Å². The molecule has 1 aliphatic rings. The first-order chi connectivity index (χ1) is 8.00. The fraction of sp³-hybridized carbons (Fsp3) is 0.500. The molecule has 4 N–H and O–H groups in total. The number of nitrogens with two attached hydrogens (primary N) is 2. The Balaban J connectivity index is 0.000000202. The second-order valence-electron chi connectivity index (χ2n) is 4.24. The molecule has 0 unspecified atom stereocenters. The molecule has 1 fully saturated rings. The van der Waals surface area contributed by atoms with Crippen molar-refractivity contribution in [2.24, 2.45) is 5.14 Å². The lowest BCUT2D eigenvalue weighted by Crippen LogP contribution is -2.11. The number of sulfonamides is 1. The summed E-state index contributed by atoms with van der Waals surface area (Å²) < 4.78 is 21.4. The minimum absolute atomic E-state index is 0.0756. The van der Waals surface area contributed by atoms with Crippen LogP contribution in [0.4, 0.5) is 5.69 Å². The highest BCUT2D eigenvalue weighted by atomic mass is 32.2. The zero-order chi connectivity index (χ0) is 12.7. The van der Waals surface area contributed by atoms with E-state index in [2.05, 4.69) is 0 Å². The van der Waals surface area contributed by atoms with E-state index in [0.29, 0.717) is 5.69 Å². The van der Waals surface area contributed by atoms with Crippen molar-refractivity contribution in [1.29, 1.82) is 0 Å². The quantitative estimate of drug-likeness (QED) is 0.756.